The molecule has 0 aliphatic heterocycles. The zero-order valence-corrected chi connectivity index (χ0v) is 9.67. The van der Waals surface area contributed by atoms with Crippen molar-refractivity contribution >= 4 is 23.6 Å². The summed E-state index contributed by atoms with van der Waals surface area (Å²) in [5.41, 5.74) is -0.484. The first kappa shape index (κ1) is 11.9. The van der Waals surface area contributed by atoms with Crippen molar-refractivity contribution < 1.29 is 13.9 Å². The van der Waals surface area contributed by atoms with Gasteiger partial charge in [0.15, 0.2) is 5.22 Å². The molecule has 1 rings (SSSR count). The minimum atomic E-state index is -0.484. The molecule has 0 fully saturated rings. The van der Waals surface area contributed by atoms with Gasteiger partial charge < -0.3 is 9.15 Å². The van der Waals surface area contributed by atoms with Gasteiger partial charge in [0.05, 0.1) is 0 Å². The first-order chi connectivity index (χ1) is 6.87. The van der Waals surface area contributed by atoms with Crippen molar-refractivity contribution in [1.29, 1.82) is 0 Å². The van der Waals surface area contributed by atoms with Crippen LogP contribution in [-0.4, -0.2) is 11.6 Å². The van der Waals surface area contributed by atoms with E-state index in [0.29, 0.717) is 11.0 Å². The fraction of sp³-hybridized carbons (Fsp3) is 0.364. The van der Waals surface area contributed by atoms with Gasteiger partial charge in [0.1, 0.15) is 11.4 Å². The molecule has 0 aliphatic rings. The van der Waals surface area contributed by atoms with E-state index in [1.54, 1.807) is 12.1 Å². The average molecular weight is 229 g/mol. The van der Waals surface area contributed by atoms with Gasteiger partial charge in [-0.15, -0.1) is 0 Å². The summed E-state index contributed by atoms with van der Waals surface area (Å²) in [6.45, 7) is 5.42. The Morgan fingerprint density at radius 3 is 2.60 bits per heavy atom. The zero-order chi connectivity index (χ0) is 11.5. The van der Waals surface area contributed by atoms with E-state index in [4.69, 9.17) is 20.8 Å². The van der Waals surface area contributed by atoms with Gasteiger partial charge >= 0.3 is 5.97 Å². The van der Waals surface area contributed by atoms with Gasteiger partial charge in [-0.3, -0.25) is 0 Å². The van der Waals surface area contributed by atoms with Crippen LogP contribution in [0, 0.1) is 0 Å². The Morgan fingerprint density at radius 2 is 2.13 bits per heavy atom. The van der Waals surface area contributed by atoms with Crippen LogP contribution in [0.15, 0.2) is 22.6 Å². The molecule has 0 bridgehead atoms. The van der Waals surface area contributed by atoms with Crippen molar-refractivity contribution in [3.05, 3.63) is 29.2 Å². The largest absolute Gasteiger partial charge is 0.457 e. The molecular weight excluding hydrogens is 216 g/mol. The van der Waals surface area contributed by atoms with E-state index in [2.05, 4.69) is 0 Å². The summed E-state index contributed by atoms with van der Waals surface area (Å²) in [6.07, 6.45) is 2.82. The van der Waals surface area contributed by atoms with Gasteiger partial charge in [-0.2, -0.15) is 0 Å². The Bertz CT molecular complexity index is 371. The summed E-state index contributed by atoms with van der Waals surface area (Å²) in [6, 6.07) is 3.28. The third-order valence-electron chi connectivity index (χ3n) is 1.38. The maximum Gasteiger partial charge on any atom is 0.331 e. The van der Waals surface area contributed by atoms with E-state index in [1.807, 2.05) is 20.8 Å². The van der Waals surface area contributed by atoms with Crippen molar-refractivity contribution in [2.24, 2.45) is 0 Å². The first-order valence-electron chi connectivity index (χ1n) is 4.53. The third-order valence-corrected chi connectivity index (χ3v) is 1.59. The molecule has 0 saturated carbocycles. The predicted molar refractivity (Wildman–Crippen MR) is 58.6 cm³/mol. The summed E-state index contributed by atoms with van der Waals surface area (Å²) in [5.74, 6) is 0.112. The Morgan fingerprint density at radius 1 is 1.47 bits per heavy atom. The summed E-state index contributed by atoms with van der Waals surface area (Å²) in [7, 11) is 0. The molecule has 0 spiro atoms. The maximum atomic E-state index is 11.3. The quantitative estimate of drug-likeness (QED) is 0.576. The van der Waals surface area contributed by atoms with E-state index < -0.39 is 11.6 Å². The summed E-state index contributed by atoms with van der Waals surface area (Å²) < 4.78 is 10.1. The number of esters is 1. The van der Waals surface area contributed by atoms with E-state index in [0.717, 1.165) is 0 Å². The van der Waals surface area contributed by atoms with Crippen molar-refractivity contribution in [3.8, 4) is 0 Å². The van der Waals surface area contributed by atoms with Crippen LogP contribution < -0.4 is 0 Å². The molecule has 0 unspecified atom stereocenters. The number of carbonyl (C=O) groups is 1. The van der Waals surface area contributed by atoms with Crippen LogP contribution in [0.3, 0.4) is 0 Å². The molecule has 4 heteroatoms. The lowest BCUT2D eigenvalue weighted by molar-refractivity contribution is -0.148. The topological polar surface area (TPSA) is 39.4 Å². The number of ether oxygens (including phenoxy) is 1. The number of hydrogen-bond acceptors (Lipinski definition) is 3. The lowest BCUT2D eigenvalue weighted by atomic mass is 10.2. The lowest BCUT2D eigenvalue weighted by Gasteiger charge is -2.17. The standard InChI is InChI=1S/C11H13ClO3/c1-11(2,3)15-10(13)7-5-8-4-6-9(12)14-8/h4-7H,1-3H3/b7-5+. The normalized spacial score (nSPS) is 12.0. The van der Waals surface area contributed by atoms with Crippen molar-refractivity contribution in [3.63, 3.8) is 0 Å². The smallest absolute Gasteiger partial charge is 0.331 e. The van der Waals surface area contributed by atoms with E-state index in [-0.39, 0.29) is 0 Å². The van der Waals surface area contributed by atoms with Gasteiger partial charge in [0, 0.05) is 6.08 Å². The molecule has 1 aromatic rings. The second kappa shape index (κ2) is 4.53. The molecule has 1 heterocycles. The highest BCUT2D eigenvalue weighted by atomic mass is 35.5. The van der Waals surface area contributed by atoms with Gasteiger partial charge in [0.2, 0.25) is 0 Å². The van der Waals surface area contributed by atoms with Crippen LogP contribution in [0.1, 0.15) is 26.5 Å². The van der Waals surface area contributed by atoms with Gasteiger partial charge in [-0.1, -0.05) is 0 Å². The third kappa shape index (κ3) is 4.70. The lowest BCUT2D eigenvalue weighted by Crippen LogP contribution is -2.22. The van der Waals surface area contributed by atoms with Crippen molar-refractivity contribution in [1.82, 2.24) is 0 Å². The number of carbonyl (C=O) groups excluding carboxylic acids is 1. The highest BCUT2D eigenvalue weighted by molar-refractivity contribution is 6.28. The second-order valence-corrected chi connectivity index (χ2v) is 4.38. The highest BCUT2D eigenvalue weighted by Crippen LogP contribution is 2.14. The van der Waals surface area contributed by atoms with Crippen molar-refractivity contribution in [2.45, 2.75) is 26.4 Å². The maximum absolute atomic E-state index is 11.3. The van der Waals surface area contributed by atoms with Crippen molar-refractivity contribution in [2.75, 3.05) is 0 Å². The minimum Gasteiger partial charge on any atom is -0.457 e. The predicted octanol–water partition coefficient (Wildman–Crippen LogP) is 3.29. The summed E-state index contributed by atoms with van der Waals surface area (Å²) in [5, 5.41) is 0.291. The summed E-state index contributed by atoms with van der Waals surface area (Å²) in [4.78, 5) is 11.3. The molecule has 0 N–H and O–H groups in total. The van der Waals surface area contributed by atoms with Crippen LogP contribution in [0.2, 0.25) is 5.22 Å². The molecule has 82 valence electrons. The van der Waals surface area contributed by atoms with Crippen LogP contribution >= 0.6 is 11.6 Å². The van der Waals surface area contributed by atoms with Crippen LogP contribution in [-0.2, 0) is 9.53 Å². The average Bonchev–Trinajstić information content (AvgIpc) is 2.45. The fourth-order valence-corrected chi connectivity index (χ4v) is 1.06. The second-order valence-electron chi connectivity index (χ2n) is 4.01. The molecular formula is C11H13ClO3. The van der Waals surface area contributed by atoms with Gasteiger partial charge in [-0.05, 0) is 50.6 Å². The van der Waals surface area contributed by atoms with E-state index >= 15 is 0 Å². The van der Waals surface area contributed by atoms with Gasteiger partial charge in [-0.25, -0.2) is 4.79 Å². The Hall–Kier alpha value is -1.22. The number of furan rings is 1. The molecule has 3 nitrogen and oxygen atoms in total. The highest BCUT2D eigenvalue weighted by Gasteiger charge is 2.13. The molecule has 0 amide bonds. The Balaban J connectivity index is 2.55. The SMILES string of the molecule is CC(C)(C)OC(=O)/C=C/c1ccc(Cl)o1. The fourth-order valence-electron chi connectivity index (χ4n) is 0.904. The Labute approximate surface area is 93.7 Å². The van der Waals surface area contributed by atoms with Crippen LogP contribution in [0.25, 0.3) is 6.08 Å². The number of rotatable bonds is 2. The van der Waals surface area contributed by atoms with E-state index in [1.165, 1.54) is 12.2 Å². The molecule has 0 aromatic carbocycles. The number of hydrogen-bond donors (Lipinski definition) is 0. The molecule has 0 saturated heterocycles. The minimum absolute atomic E-state index is 0.291. The van der Waals surface area contributed by atoms with Crippen LogP contribution in [0.4, 0.5) is 0 Å². The molecule has 15 heavy (non-hydrogen) atoms. The molecule has 0 radical (unpaired) electrons. The molecule has 1 aromatic heterocycles. The van der Waals surface area contributed by atoms with Crippen LogP contribution in [0.5, 0.6) is 0 Å². The summed E-state index contributed by atoms with van der Waals surface area (Å²) >= 11 is 5.57. The van der Waals surface area contributed by atoms with E-state index in [9.17, 15) is 4.79 Å². The van der Waals surface area contributed by atoms with Gasteiger partial charge in [0.25, 0.3) is 0 Å². The number of halogens is 1. The molecule has 0 atom stereocenters. The monoisotopic (exact) mass is 228 g/mol. The zero-order valence-electron chi connectivity index (χ0n) is 8.91. The molecule has 0 aliphatic carbocycles. The Kier molecular flexibility index (Phi) is 3.58. The first-order valence-corrected chi connectivity index (χ1v) is 4.91.